The van der Waals surface area contributed by atoms with Crippen molar-refractivity contribution in [3.05, 3.63) is 41.1 Å². The number of amides is 1. The highest BCUT2D eigenvalue weighted by atomic mass is 35.5. The molecule has 2 rings (SSSR count). The van der Waals surface area contributed by atoms with Gasteiger partial charge in [0, 0.05) is 30.2 Å². The Hall–Kier alpha value is -2.32. The third-order valence-corrected chi connectivity index (χ3v) is 3.19. The molecule has 0 spiro atoms. The number of carbonyl (C=O) groups excluding carboxylic acids is 1. The summed E-state index contributed by atoms with van der Waals surface area (Å²) in [5.41, 5.74) is 1.32. The molecule has 108 valence electrons. The van der Waals surface area contributed by atoms with Gasteiger partial charge < -0.3 is 9.42 Å². The average molecular weight is 304 g/mol. The molecule has 1 aromatic carbocycles. The second-order valence-electron chi connectivity index (χ2n) is 4.80. The highest BCUT2D eigenvalue weighted by Crippen LogP contribution is 2.22. The molecule has 0 radical (unpaired) electrons. The number of nitrogens with zero attached hydrogens (tertiary/aromatic N) is 3. The number of aromatic nitrogens is 1. The smallest absolute Gasteiger partial charge is 0.292 e. The Morgan fingerprint density at radius 3 is 2.95 bits per heavy atom. The van der Waals surface area contributed by atoms with Crippen LogP contribution in [0, 0.1) is 17.2 Å². The molecule has 5 nitrogen and oxygen atoms in total. The second kappa shape index (κ2) is 6.42. The fourth-order valence-corrected chi connectivity index (χ4v) is 2.07. The molecule has 1 atom stereocenters. The zero-order valence-corrected chi connectivity index (χ0v) is 12.5. The third-order valence-electron chi connectivity index (χ3n) is 2.96. The lowest BCUT2D eigenvalue weighted by molar-refractivity contribution is 0.0744. The monoisotopic (exact) mass is 303 g/mol. The van der Waals surface area contributed by atoms with Gasteiger partial charge in [-0.25, -0.2) is 0 Å². The van der Waals surface area contributed by atoms with Crippen molar-refractivity contribution in [1.82, 2.24) is 10.1 Å². The van der Waals surface area contributed by atoms with Gasteiger partial charge in [-0.1, -0.05) is 28.9 Å². The van der Waals surface area contributed by atoms with E-state index in [1.54, 1.807) is 38.2 Å². The first-order valence-electron chi connectivity index (χ1n) is 6.39. The Morgan fingerprint density at radius 1 is 1.52 bits per heavy atom. The van der Waals surface area contributed by atoms with Crippen LogP contribution < -0.4 is 0 Å². The van der Waals surface area contributed by atoms with Crippen LogP contribution >= 0.6 is 11.6 Å². The molecule has 0 unspecified atom stereocenters. The summed E-state index contributed by atoms with van der Waals surface area (Å²) < 4.78 is 5.09. The van der Waals surface area contributed by atoms with Crippen LogP contribution in [0.1, 0.15) is 17.5 Å². The van der Waals surface area contributed by atoms with Crippen molar-refractivity contribution in [3.8, 4) is 17.3 Å². The minimum Gasteiger partial charge on any atom is -0.350 e. The number of halogens is 1. The van der Waals surface area contributed by atoms with Gasteiger partial charge in [-0.3, -0.25) is 4.79 Å². The fraction of sp³-hybridized carbons (Fsp3) is 0.267. The molecule has 21 heavy (non-hydrogen) atoms. The standard InChI is InChI=1S/C15H14ClN3O2/c1-10(8-17)9-19(2)15(20)14-7-13(18-21-14)11-4-3-5-12(16)6-11/h3-7,10H,9H2,1-2H3/t10-/m1/s1. The molecule has 0 aliphatic carbocycles. The number of hydrogen-bond acceptors (Lipinski definition) is 4. The van der Waals surface area contributed by atoms with Crippen molar-refractivity contribution in [1.29, 1.82) is 5.26 Å². The van der Waals surface area contributed by atoms with Crippen molar-refractivity contribution in [2.75, 3.05) is 13.6 Å². The summed E-state index contributed by atoms with van der Waals surface area (Å²) in [5.74, 6) is -0.412. The fourth-order valence-electron chi connectivity index (χ4n) is 1.88. The number of carbonyl (C=O) groups is 1. The molecule has 0 N–H and O–H groups in total. The van der Waals surface area contributed by atoms with Crippen molar-refractivity contribution < 1.29 is 9.32 Å². The van der Waals surface area contributed by atoms with E-state index in [-0.39, 0.29) is 17.6 Å². The van der Waals surface area contributed by atoms with Gasteiger partial charge in [-0.05, 0) is 19.1 Å². The molecule has 0 bridgehead atoms. The minimum absolute atomic E-state index is 0.137. The van der Waals surface area contributed by atoms with Gasteiger partial charge >= 0.3 is 0 Å². The number of rotatable bonds is 4. The van der Waals surface area contributed by atoms with Crippen molar-refractivity contribution in [2.45, 2.75) is 6.92 Å². The van der Waals surface area contributed by atoms with E-state index in [0.29, 0.717) is 17.3 Å². The molecule has 0 saturated carbocycles. The Balaban J connectivity index is 2.16. The SMILES string of the molecule is C[C@H](C#N)CN(C)C(=O)c1cc(-c2cccc(Cl)c2)no1. The van der Waals surface area contributed by atoms with Gasteiger partial charge in [0.05, 0.1) is 12.0 Å². The maximum absolute atomic E-state index is 12.2. The van der Waals surface area contributed by atoms with Crippen LogP contribution in [0.4, 0.5) is 0 Å². The van der Waals surface area contributed by atoms with Crippen molar-refractivity contribution in [2.24, 2.45) is 5.92 Å². The van der Waals surface area contributed by atoms with Crippen LogP contribution in [0.2, 0.25) is 5.02 Å². The molecule has 0 aliphatic heterocycles. The summed E-state index contributed by atoms with van der Waals surface area (Å²) in [7, 11) is 1.62. The Morgan fingerprint density at radius 2 is 2.29 bits per heavy atom. The first-order valence-corrected chi connectivity index (χ1v) is 6.77. The predicted octanol–water partition coefficient (Wildman–Crippen LogP) is 3.23. The van der Waals surface area contributed by atoms with E-state index < -0.39 is 0 Å². The van der Waals surface area contributed by atoms with E-state index >= 15 is 0 Å². The van der Waals surface area contributed by atoms with Crippen LogP contribution in [0.3, 0.4) is 0 Å². The lowest BCUT2D eigenvalue weighted by Gasteiger charge is -2.16. The highest BCUT2D eigenvalue weighted by molar-refractivity contribution is 6.30. The van der Waals surface area contributed by atoms with Gasteiger partial charge in [0.1, 0.15) is 5.69 Å². The normalized spacial score (nSPS) is 11.7. The Bertz CT molecular complexity index is 690. The largest absolute Gasteiger partial charge is 0.350 e. The van der Waals surface area contributed by atoms with Crippen LogP contribution in [0.5, 0.6) is 0 Å². The zero-order valence-electron chi connectivity index (χ0n) is 11.7. The molecule has 0 fully saturated rings. The third kappa shape index (κ3) is 3.61. The summed E-state index contributed by atoms with van der Waals surface area (Å²) in [4.78, 5) is 13.6. The molecule has 1 amide bonds. The lowest BCUT2D eigenvalue weighted by Crippen LogP contribution is -2.30. The van der Waals surface area contributed by atoms with Crippen molar-refractivity contribution in [3.63, 3.8) is 0 Å². The minimum atomic E-state index is -0.308. The Labute approximate surface area is 127 Å². The van der Waals surface area contributed by atoms with Crippen LogP contribution in [-0.2, 0) is 0 Å². The van der Waals surface area contributed by atoms with Crippen LogP contribution in [0.15, 0.2) is 34.9 Å². The molecule has 1 heterocycles. The summed E-state index contributed by atoms with van der Waals surface area (Å²) in [5, 5.41) is 13.2. The van der Waals surface area contributed by atoms with Gasteiger partial charge in [-0.2, -0.15) is 5.26 Å². The van der Waals surface area contributed by atoms with Gasteiger partial charge in [0.25, 0.3) is 5.91 Å². The van der Waals surface area contributed by atoms with E-state index in [9.17, 15) is 4.79 Å². The van der Waals surface area contributed by atoms with E-state index in [4.69, 9.17) is 21.4 Å². The lowest BCUT2D eigenvalue weighted by atomic mass is 10.1. The van der Waals surface area contributed by atoms with Crippen LogP contribution in [-0.4, -0.2) is 29.6 Å². The first-order chi connectivity index (χ1) is 10.0. The summed E-state index contributed by atoms with van der Waals surface area (Å²) in [6, 6.07) is 10.8. The number of nitriles is 1. The van der Waals surface area contributed by atoms with Crippen molar-refractivity contribution >= 4 is 17.5 Å². The molecule has 1 aromatic heterocycles. The Kier molecular flexibility index (Phi) is 4.61. The van der Waals surface area contributed by atoms with Gasteiger partial charge in [-0.15, -0.1) is 0 Å². The molecule has 0 saturated heterocycles. The van der Waals surface area contributed by atoms with E-state index in [0.717, 1.165) is 5.56 Å². The van der Waals surface area contributed by atoms with Gasteiger partial charge in [0.15, 0.2) is 0 Å². The van der Waals surface area contributed by atoms with Gasteiger partial charge in [0.2, 0.25) is 5.76 Å². The van der Waals surface area contributed by atoms with E-state index in [1.807, 2.05) is 6.07 Å². The maximum atomic E-state index is 12.2. The highest BCUT2D eigenvalue weighted by Gasteiger charge is 2.19. The summed E-state index contributed by atoms with van der Waals surface area (Å²) in [6.07, 6.45) is 0. The van der Waals surface area contributed by atoms with E-state index in [2.05, 4.69) is 11.2 Å². The number of hydrogen-bond donors (Lipinski definition) is 0. The molecule has 2 aromatic rings. The predicted molar refractivity (Wildman–Crippen MR) is 78.7 cm³/mol. The maximum Gasteiger partial charge on any atom is 0.292 e. The molecule has 6 heteroatoms. The number of benzene rings is 1. The van der Waals surface area contributed by atoms with E-state index in [1.165, 1.54) is 4.90 Å². The topological polar surface area (TPSA) is 70.1 Å². The second-order valence-corrected chi connectivity index (χ2v) is 5.24. The summed E-state index contributed by atoms with van der Waals surface area (Å²) in [6.45, 7) is 2.09. The summed E-state index contributed by atoms with van der Waals surface area (Å²) >= 11 is 5.92. The molecular weight excluding hydrogens is 290 g/mol. The first kappa shape index (κ1) is 15.1. The average Bonchev–Trinajstić information content (AvgIpc) is 2.96. The zero-order chi connectivity index (χ0) is 15.4. The molecule has 0 aliphatic rings. The van der Waals surface area contributed by atoms with Crippen LogP contribution in [0.25, 0.3) is 11.3 Å². The quantitative estimate of drug-likeness (QED) is 0.869. The molecular formula is C15H14ClN3O2.